The normalized spacial score (nSPS) is 12.8. The number of benzene rings is 1. The van der Waals surface area contributed by atoms with Crippen LogP contribution in [0.15, 0.2) is 53.6 Å². The number of aromatic nitrogens is 1. The monoisotopic (exact) mass is 361 g/mol. The molecule has 0 radical (unpaired) electrons. The predicted molar refractivity (Wildman–Crippen MR) is 96.8 cm³/mol. The van der Waals surface area contributed by atoms with Gasteiger partial charge in [0.25, 0.3) is 5.91 Å². The van der Waals surface area contributed by atoms with Gasteiger partial charge in [0.2, 0.25) is 10.0 Å². The maximum Gasteiger partial charge on any atom is 0.251 e. The van der Waals surface area contributed by atoms with Gasteiger partial charge in [0.1, 0.15) is 0 Å². The van der Waals surface area contributed by atoms with Crippen molar-refractivity contribution in [1.29, 1.82) is 0 Å². The zero-order chi connectivity index (χ0) is 18.4. The molecule has 0 aliphatic carbocycles. The van der Waals surface area contributed by atoms with E-state index in [-0.39, 0.29) is 22.9 Å². The van der Waals surface area contributed by atoms with E-state index in [1.54, 1.807) is 13.1 Å². The van der Waals surface area contributed by atoms with Crippen molar-refractivity contribution in [3.8, 4) is 0 Å². The van der Waals surface area contributed by atoms with Crippen LogP contribution in [-0.2, 0) is 16.4 Å². The SMILES string of the molecule is CC(C)NC(=O)c1ccc(S(=O)(=O)NC(C)Cc2ccccn2)cc1. The summed E-state index contributed by atoms with van der Waals surface area (Å²) in [4.78, 5) is 16.2. The highest BCUT2D eigenvalue weighted by molar-refractivity contribution is 7.89. The van der Waals surface area contributed by atoms with Gasteiger partial charge in [0.05, 0.1) is 4.90 Å². The maximum absolute atomic E-state index is 12.5. The smallest absolute Gasteiger partial charge is 0.251 e. The van der Waals surface area contributed by atoms with Gasteiger partial charge in [-0.25, -0.2) is 13.1 Å². The Bertz CT molecular complexity index is 803. The summed E-state index contributed by atoms with van der Waals surface area (Å²) in [6, 6.07) is 11.1. The number of nitrogens with one attached hydrogen (secondary N) is 2. The third-order valence-corrected chi connectivity index (χ3v) is 5.05. The van der Waals surface area contributed by atoms with E-state index < -0.39 is 10.0 Å². The molecule has 2 rings (SSSR count). The number of hydrogen-bond acceptors (Lipinski definition) is 4. The van der Waals surface area contributed by atoms with E-state index in [0.29, 0.717) is 12.0 Å². The van der Waals surface area contributed by atoms with E-state index in [9.17, 15) is 13.2 Å². The van der Waals surface area contributed by atoms with E-state index >= 15 is 0 Å². The lowest BCUT2D eigenvalue weighted by molar-refractivity contribution is 0.0943. The zero-order valence-electron chi connectivity index (χ0n) is 14.6. The molecule has 0 saturated heterocycles. The summed E-state index contributed by atoms with van der Waals surface area (Å²) < 4.78 is 27.6. The zero-order valence-corrected chi connectivity index (χ0v) is 15.4. The predicted octanol–water partition coefficient (Wildman–Crippen LogP) is 2.13. The summed E-state index contributed by atoms with van der Waals surface area (Å²) in [5.74, 6) is -0.226. The molecule has 2 N–H and O–H groups in total. The molecule has 0 spiro atoms. The first-order chi connectivity index (χ1) is 11.8. The van der Waals surface area contributed by atoms with Gasteiger partial charge in [-0.05, 0) is 57.2 Å². The van der Waals surface area contributed by atoms with Gasteiger partial charge in [-0.2, -0.15) is 0 Å². The van der Waals surface area contributed by atoms with Crippen molar-refractivity contribution >= 4 is 15.9 Å². The lowest BCUT2D eigenvalue weighted by atomic mass is 10.2. The molecule has 7 heteroatoms. The van der Waals surface area contributed by atoms with Crippen LogP contribution in [0, 0.1) is 0 Å². The van der Waals surface area contributed by atoms with Gasteiger partial charge in [-0.1, -0.05) is 6.07 Å². The molecule has 1 unspecified atom stereocenters. The Morgan fingerprint density at radius 2 is 1.76 bits per heavy atom. The average molecular weight is 361 g/mol. The number of carbonyl (C=O) groups is 1. The van der Waals surface area contributed by atoms with Crippen LogP contribution in [0.5, 0.6) is 0 Å². The first-order valence-corrected chi connectivity index (χ1v) is 9.59. The summed E-state index contributed by atoms with van der Waals surface area (Å²) in [5, 5.41) is 2.77. The van der Waals surface area contributed by atoms with Crippen molar-refractivity contribution in [3.05, 3.63) is 59.9 Å². The fourth-order valence-electron chi connectivity index (χ4n) is 2.34. The molecular weight excluding hydrogens is 338 g/mol. The molecule has 25 heavy (non-hydrogen) atoms. The Balaban J connectivity index is 2.05. The molecule has 0 aliphatic rings. The third-order valence-electron chi connectivity index (χ3n) is 3.44. The van der Waals surface area contributed by atoms with Crippen molar-refractivity contribution in [1.82, 2.24) is 15.0 Å². The largest absolute Gasteiger partial charge is 0.350 e. The Morgan fingerprint density at radius 3 is 2.32 bits per heavy atom. The molecule has 0 aliphatic heterocycles. The highest BCUT2D eigenvalue weighted by Gasteiger charge is 2.18. The molecule has 0 saturated carbocycles. The van der Waals surface area contributed by atoms with Gasteiger partial charge >= 0.3 is 0 Å². The molecule has 1 atom stereocenters. The van der Waals surface area contributed by atoms with Crippen LogP contribution < -0.4 is 10.0 Å². The second kappa shape index (κ2) is 8.22. The molecule has 1 aromatic carbocycles. The molecule has 1 amide bonds. The van der Waals surface area contributed by atoms with E-state index in [0.717, 1.165) is 5.69 Å². The minimum atomic E-state index is -3.65. The highest BCUT2D eigenvalue weighted by Crippen LogP contribution is 2.12. The number of carbonyl (C=O) groups excluding carboxylic acids is 1. The molecule has 0 fully saturated rings. The van der Waals surface area contributed by atoms with Gasteiger partial charge < -0.3 is 5.32 Å². The lowest BCUT2D eigenvalue weighted by Gasteiger charge is -2.14. The maximum atomic E-state index is 12.5. The summed E-state index contributed by atoms with van der Waals surface area (Å²) in [7, 11) is -3.65. The topological polar surface area (TPSA) is 88.2 Å². The van der Waals surface area contributed by atoms with E-state index in [1.807, 2.05) is 32.0 Å². The molecular formula is C18H23N3O3S. The number of hydrogen-bond donors (Lipinski definition) is 2. The lowest BCUT2D eigenvalue weighted by Crippen LogP contribution is -2.34. The van der Waals surface area contributed by atoms with E-state index in [1.165, 1.54) is 24.3 Å². The molecule has 1 aromatic heterocycles. The minimum Gasteiger partial charge on any atom is -0.350 e. The molecule has 0 bridgehead atoms. The third kappa shape index (κ3) is 5.65. The van der Waals surface area contributed by atoms with Gasteiger partial charge in [-0.15, -0.1) is 0 Å². The fraction of sp³-hybridized carbons (Fsp3) is 0.333. The number of pyridine rings is 1. The number of amides is 1. The Hall–Kier alpha value is -2.25. The quantitative estimate of drug-likeness (QED) is 0.791. The molecule has 1 heterocycles. The summed E-state index contributed by atoms with van der Waals surface area (Å²) >= 11 is 0. The molecule has 6 nitrogen and oxygen atoms in total. The van der Waals surface area contributed by atoms with Crippen LogP contribution in [-0.4, -0.2) is 31.4 Å². The van der Waals surface area contributed by atoms with Crippen molar-refractivity contribution in [2.24, 2.45) is 0 Å². The first-order valence-electron chi connectivity index (χ1n) is 8.11. The number of nitrogens with zero attached hydrogens (tertiary/aromatic N) is 1. The van der Waals surface area contributed by atoms with Crippen LogP contribution in [0.1, 0.15) is 36.8 Å². The van der Waals surface area contributed by atoms with Gasteiger partial charge in [0, 0.05) is 36.0 Å². The van der Waals surface area contributed by atoms with Crippen molar-refractivity contribution < 1.29 is 13.2 Å². The van der Waals surface area contributed by atoms with Crippen LogP contribution >= 0.6 is 0 Å². The van der Waals surface area contributed by atoms with Crippen molar-refractivity contribution in [2.45, 2.75) is 44.2 Å². The summed E-state index contributed by atoms with van der Waals surface area (Å²) in [6.45, 7) is 5.52. The van der Waals surface area contributed by atoms with Crippen LogP contribution in [0.2, 0.25) is 0 Å². The van der Waals surface area contributed by atoms with Gasteiger partial charge in [-0.3, -0.25) is 9.78 Å². The van der Waals surface area contributed by atoms with E-state index in [2.05, 4.69) is 15.0 Å². The Labute approximate surface area is 148 Å². The van der Waals surface area contributed by atoms with Crippen LogP contribution in [0.25, 0.3) is 0 Å². The van der Waals surface area contributed by atoms with E-state index in [4.69, 9.17) is 0 Å². The second-order valence-electron chi connectivity index (χ2n) is 6.20. The Morgan fingerprint density at radius 1 is 1.08 bits per heavy atom. The minimum absolute atomic E-state index is 0.0185. The standard InChI is InChI=1S/C18H23N3O3S/c1-13(2)20-18(22)15-7-9-17(10-8-15)25(23,24)21-14(3)12-16-6-4-5-11-19-16/h4-11,13-14,21H,12H2,1-3H3,(H,20,22). The number of rotatable bonds is 7. The van der Waals surface area contributed by atoms with Gasteiger partial charge in [0.15, 0.2) is 0 Å². The molecule has 2 aromatic rings. The first kappa shape index (κ1) is 19.1. The van der Waals surface area contributed by atoms with Crippen molar-refractivity contribution in [2.75, 3.05) is 0 Å². The average Bonchev–Trinajstić information content (AvgIpc) is 2.54. The van der Waals surface area contributed by atoms with Crippen LogP contribution in [0.3, 0.4) is 0 Å². The summed E-state index contributed by atoms with van der Waals surface area (Å²) in [5.41, 5.74) is 1.24. The highest BCUT2D eigenvalue weighted by atomic mass is 32.2. The molecule has 134 valence electrons. The number of sulfonamides is 1. The fourth-order valence-corrected chi connectivity index (χ4v) is 3.58. The Kier molecular flexibility index (Phi) is 6.27. The van der Waals surface area contributed by atoms with Crippen LogP contribution in [0.4, 0.5) is 0 Å². The second-order valence-corrected chi connectivity index (χ2v) is 7.91. The summed E-state index contributed by atoms with van der Waals surface area (Å²) in [6.07, 6.45) is 2.17. The van der Waals surface area contributed by atoms with Crippen molar-refractivity contribution in [3.63, 3.8) is 0 Å².